The Bertz CT molecular complexity index is 878. The molecule has 0 spiro atoms. The first-order chi connectivity index (χ1) is 13.1. The highest BCUT2D eigenvalue weighted by molar-refractivity contribution is 5.91. The first-order valence-electron chi connectivity index (χ1n) is 9.56. The molecule has 0 saturated heterocycles. The molecule has 4 rings (SSSR count). The van der Waals surface area contributed by atoms with Gasteiger partial charge in [-0.2, -0.15) is 0 Å². The molecule has 27 heavy (non-hydrogen) atoms. The third-order valence-corrected chi connectivity index (χ3v) is 6.08. The molecular weight excluding hydrogens is 334 g/mol. The number of benzene rings is 2. The van der Waals surface area contributed by atoms with E-state index in [1.807, 2.05) is 67.7 Å². The first kappa shape index (κ1) is 17.5. The summed E-state index contributed by atoms with van der Waals surface area (Å²) in [7, 11) is 2.03. The van der Waals surface area contributed by atoms with Crippen molar-refractivity contribution in [3.8, 4) is 0 Å². The Morgan fingerprint density at radius 2 is 1.63 bits per heavy atom. The van der Waals surface area contributed by atoms with Gasteiger partial charge in [-0.3, -0.25) is 4.79 Å². The van der Waals surface area contributed by atoms with Crippen LogP contribution in [0.4, 0.5) is 0 Å². The highest BCUT2D eigenvalue weighted by Gasteiger charge is 2.50. The zero-order chi connectivity index (χ0) is 18.9. The second-order valence-corrected chi connectivity index (χ2v) is 7.59. The average Bonchev–Trinajstić information content (AvgIpc) is 3.33. The van der Waals surface area contributed by atoms with E-state index in [0.717, 1.165) is 30.4 Å². The molecule has 0 aliphatic heterocycles. The van der Waals surface area contributed by atoms with Gasteiger partial charge in [0.1, 0.15) is 23.9 Å². The predicted octanol–water partition coefficient (Wildman–Crippen LogP) is 3.13. The van der Waals surface area contributed by atoms with Crippen molar-refractivity contribution >= 4 is 5.91 Å². The van der Waals surface area contributed by atoms with Crippen molar-refractivity contribution in [3.05, 3.63) is 90.5 Å². The van der Waals surface area contributed by atoms with E-state index in [2.05, 4.69) is 27.9 Å². The minimum absolute atomic E-state index is 0.164. The predicted molar refractivity (Wildman–Crippen MR) is 105 cm³/mol. The fourth-order valence-corrected chi connectivity index (χ4v) is 4.83. The van der Waals surface area contributed by atoms with Crippen molar-refractivity contribution in [3.63, 3.8) is 0 Å². The molecule has 3 aromatic rings. The normalized spacial score (nSPS) is 19.9. The molecular formula is C23H26N3O+. The Morgan fingerprint density at radius 3 is 2.11 bits per heavy atom. The number of imidazole rings is 1. The van der Waals surface area contributed by atoms with Gasteiger partial charge in [0.15, 0.2) is 0 Å². The lowest BCUT2D eigenvalue weighted by atomic mass is 9.64. The van der Waals surface area contributed by atoms with Gasteiger partial charge >= 0.3 is 0 Å². The molecule has 4 nitrogen and oxygen atoms in total. The van der Waals surface area contributed by atoms with E-state index < -0.39 is 5.41 Å². The molecule has 2 N–H and O–H groups in total. The van der Waals surface area contributed by atoms with Crippen LogP contribution in [0.3, 0.4) is 0 Å². The van der Waals surface area contributed by atoms with Gasteiger partial charge < -0.3 is 5.73 Å². The van der Waals surface area contributed by atoms with Crippen LogP contribution >= 0.6 is 0 Å². The summed E-state index contributed by atoms with van der Waals surface area (Å²) in [6.45, 7) is 0. The molecule has 4 heteroatoms. The van der Waals surface area contributed by atoms with Crippen LogP contribution in [0.1, 0.15) is 36.4 Å². The smallest absolute Gasteiger partial charge is 0.243 e. The molecule has 1 aliphatic carbocycles. The van der Waals surface area contributed by atoms with Crippen LogP contribution in [0.25, 0.3) is 0 Å². The number of carbonyl (C=O) groups excluding carboxylic acids is 1. The van der Waals surface area contributed by atoms with Crippen LogP contribution in [-0.4, -0.2) is 10.5 Å². The van der Waals surface area contributed by atoms with Crippen molar-refractivity contribution in [2.45, 2.75) is 30.7 Å². The number of amides is 1. The van der Waals surface area contributed by atoms with Crippen molar-refractivity contribution in [2.75, 3.05) is 0 Å². The summed E-state index contributed by atoms with van der Waals surface area (Å²) in [5, 5.41) is 0. The molecule has 2 atom stereocenters. The molecule has 138 valence electrons. The number of carbonyl (C=O) groups is 1. The van der Waals surface area contributed by atoms with Gasteiger partial charge in [-0.25, -0.2) is 9.13 Å². The van der Waals surface area contributed by atoms with E-state index in [0.29, 0.717) is 6.04 Å². The second-order valence-electron chi connectivity index (χ2n) is 7.59. The molecule has 1 amide bonds. The summed E-state index contributed by atoms with van der Waals surface area (Å²) in [5.41, 5.74) is 7.34. The number of primary amides is 1. The number of nitrogens with zero attached hydrogens (tertiary/aromatic N) is 2. The van der Waals surface area contributed by atoms with Gasteiger partial charge in [0.05, 0.1) is 7.05 Å². The van der Waals surface area contributed by atoms with Crippen LogP contribution in [0.15, 0.2) is 79.4 Å². The summed E-state index contributed by atoms with van der Waals surface area (Å²) >= 11 is 0. The van der Waals surface area contributed by atoms with Crippen LogP contribution < -0.4 is 10.3 Å². The van der Waals surface area contributed by atoms with Crippen molar-refractivity contribution in [1.29, 1.82) is 0 Å². The topological polar surface area (TPSA) is 51.9 Å². The summed E-state index contributed by atoms with van der Waals surface area (Å²) < 4.78 is 4.32. The third-order valence-electron chi connectivity index (χ3n) is 6.08. The van der Waals surface area contributed by atoms with Crippen LogP contribution in [-0.2, 0) is 17.3 Å². The summed E-state index contributed by atoms with van der Waals surface area (Å²) in [4.78, 5) is 13.1. The van der Waals surface area contributed by atoms with Crippen LogP contribution in [0.5, 0.6) is 0 Å². The standard InChI is InChI=1S/C23H25N3O/c1-25-14-15-26(17-25)21-13-12-20(16-21)23(22(24)27,18-8-4-2-5-9-18)19-10-6-3-7-11-19/h2-11,14-15,17,20-21H,12-13,16H2,1H3,(H-,24,27)/p+1. The molecule has 2 aromatic carbocycles. The zero-order valence-corrected chi connectivity index (χ0v) is 15.7. The summed E-state index contributed by atoms with van der Waals surface area (Å²) in [6.07, 6.45) is 9.24. The van der Waals surface area contributed by atoms with Gasteiger partial charge in [0, 0.05) is 0 Å². The fourth-order valence-electron chi connectivity index (χ4n) is 4.83. The minimum Gasteiger partial charge on any atom is -0.369 e. The van der Waals surface area contributed by atoms with Gasteiger partial charge in [0.25, 0.3) is 0 Å². The van der Waals surface area contributed by atoms with E-state index in [1.54, 1.807) is 0 Å². The lowest BCUT2D eigenvalue weighted by Crippen LogP contribution is -2.47. The average molecular weight is 360 g/mol. The van der Waals surface area contributed by atoms with E-state index in [9.17, 15) is 4.79 Å². The molecule has 1 aromatic heterocycles. The van der Waals surface area contributed by atoms with E-state index in [4.69, 9.17) is 5.73 Å². The Morgan fingerprint density at radius 1 is 1.04 bits per heavy atom. The monoisotopic (exact) mass is 360 g/mol. The maximum atomic E-state index is 13.1. The lowest BCUT2D eigenvalue weighted by Gasteiger charge is -2.37. The molecule has 1 aliphatic rings. The Kier molecular flexibility index (Phi) is 4.56. The SMILES string of the molecule is C[n+]1ccn(C2CCC(C(C(N)=O)(c3ccccc3)c3ccccc3)C2)c1. The molecule has 1 fully saturated rings. The lowest BCUT2D eigenvalue weighted by molar-refractivity contribution is -0.671. The van der Waals surface area contributed by atoms with E-state index in [-0.39, 0.29) is 11.8 Å². The Balaban J connectivity index is 1.80. The second kappa shape index (κ2) is 7.03. The highest BCUT2D eigenvalue weighted by Crippen LogP contribution is 2.49. The molecule has 1 heterocycles. The number of aryl methyl sites for hydroxylation is 1. The quantitative estimate of drug-likeness (QED) is 0.698. The number of hydrogen-bond donors (Lipinski definition) is 1. The summed E-state index contributed by atoms with van der Waals surface area (Å²) in [5.74, 6) is -0.0962. The van der Waals surface area contributed by atoms with Crippen LogP contribution in [0, 0.1) is 5.92 Å². The zero-order valence-electron chi connectivity index (χ0n) is 15.7. The van der Waals surface area contributed by atoms with Gasteiger partial charge in [-0.1, -0.05) is 60.7 Å². The fraction of sp³-hybridized carbons (Fsp3) is 0.304. The van der Waals surface area contributed by atoms with Crippen molar-refractivity contribution in [2.24, 2.45) is 18.7 Å². The number of nitrogens with two attached hydrogens (primary N) is 1. The maximum absolute atomic E-state index is 13.1. The largest absolute Gasteiger partial charge is 0.369 e. The molecule has 1 saturated carbocycles. The highest BCUT2D eigenvalue weighted by atomic mass is 16.1. The van der Waals surface area contributed by atoms with Crippen molar-refractivity contribution < 1.29 is 9.36 Å². The van der Waals surface area contributed by atoms with Gasteiger partial charge in [-0.05, 0) is 36.3 Å². The minimum atomic E-state index is -0.799. The molecule has 0 bridgehead atoms. The Hall–Kier alpha value is -2.88. The Labute approximate surface area is 160 Å². The number of aromatic nitrogens is 2. The number of rotatable bonds is 5. The summed E-state index contributed by atoms with van der Waals surface area (Å²) in [6, 6.07) is 20.5. The van der Waals surface area contributed by atoms with E-state index >= 15 is 0 Å². The third kappa shape index (κ3) is 2.95. The molecule has 2 unspecified atom stereocenters. The van der Waals surface area contributed by atoms with Crippen LogP contribution in [0.2, 0.25) is 0 Å². The molecule has 0 radical (unpaired) electrons. The number of hydrogen-bond acceptors (Lipinski definition) is 1. The van der Waals surface area contributed by atoms with Gasteiger partial charge in [0.2, 0.25) is 12.2 Å². The van der Waals surface area contributed by atoms with Crippen molar-refractivity contribution in [1.82, 2.24) is 4.57 Å². The maximum Gasteiger partial charge on any atom is 0.243 e. The van der Waals surface area contributed by atoms with Gasteiger partial charge in [-0.15, -0.1) is 0 Å². The van der Waals surface area contributed by atoms with E-state index in [1.165, 1.54) is 0 Å². The first-order valence-corrected chi connectivity index (χ1v) is 9.56.